The Balaban J connectivity index is 1.68. The number of hydrogen-bond acceptors (Lipinski definition) is 1. The van der Waals surface area contributed by atoms with Crippen molar-refractivity contribution in [3.05, 3.63) is 23.8 Å². The molecule has 4 unspecified atom stereocenters. The van der Waals surface area contributed by atoms with Gasteiger partial charge in [-0.2, -0.15) is 0 Å². The summed E-state index contributed by atoms with van der Waals surface area (Å²) in [5, 5.41) is 10.3. The van der Waals surface area contributed by atoms with E-state index in [1.807, 2.05) is 6.92 Å². The van der Waals surface area contributed by atoms with E-state index in [0.29, 0.717) is 16.7 Å². The third-order valence-electron chi connectivity index (χ3n) is 8.31. The van der Waals surface area contributed by atoms with Crippen LogP contribution in [-0.2, 0) is 0 Å². The van der Waals surface area contributed by atoms with Gasteiger partial charge in [-0.25, -0.2) is 0 Å². The van der Waals surface area contributed by atoms with Crippen LogP contribution >= 0.6 is 0 Å². The molecule has 122 valence electrons. The Kier molecular flexibility index (Phi) is 3.39. The van der Waals surface area contributed by atoms with Crippen LogP contribution < -0.4 is 0 Å². The van der Waals surface area contributed by atoms with Gasteiger partial charge >= 0.3 is 0 Å². The van der Waals surface area contributed by atoms with Gasteiger partial charge in [0.25, 0.3) is 0 Å². The summed E-state index contributed by atoms with van der Waals surface area (Å²) < 4.78 is 0. The molecule has 22 heavy (non-hydrogen) atoms. The van der Waals surface area contributed by atoms with Gasteiger partial charge in [-0.1, -0.05) is 32.1 Å². The molecule has 0 aliphatic heterocycles. The molecule has 7 atom stereocenters. The number of hydrogen-bond donors (Lipinski definition) is 1. The molecular weight excluding hydrogens is 268 g/mol. The lowest BCUT2D eigenvalue weighted by Gasteiger charge is -2.57. The van der Waals surface area contributed by atoms with Crippen molar-refractivity contribution >= 4 is 0 Å². The second-order valence-corrected chi connectivity index (χ2v) is 9.10. The lowest BCUT2D eigenvalue weighted by molar-refractivity contribution is -0.0581. The third kappa shape index (κ3) is 1.87. The summed E-state index contributed by atoms with van der Waals surface area (Å²) in [6, 6.07) is 0. The van der Waals surface area contributed by atoms with Gasteiger partial charge in [-0.3, -0.25) is 0 Å². The van der Waals surface area contributed by atoms with Crippen molar-refractivity contribution in [1.29, 1.82) is 0 Å². The Bertz CT molecular complexity index is 516. The fourth-order valence-corrected chi connectivity index (χ4v) is 7.13. The van der Waals surface area contributed by atoms with Crippen LogP contribution in [0.15, 0.2) is 23.8 Å². The van der Waals surface area contributed by atoms with Crippen molar-refractivity contribution in [2.45, 2.75) is 71.8 Å². The normalized spacial score (nSPS) is 51.5. The monoisotopic (exact) mass is 300 g/mol. The van der Waals surface area contributed by atoms with Crippen molar-refractivity contribution in [3.8, 4) is 0 Å². The van der Waals surface area contributed by atoms with E-state index >= 15 is 0 Å². The largest absolute Gasteiger partial charge is 0.393 e. The molecule has 0 spiro atoms. The summed E-state index contributed by atoms with van der Waals surface area (Å²) in [6.07, 6.45) is 16.4. The van der Waals surface area contributed by atoms with Crippen molar-refractivity contribution in [3.63, 3.8) is 0 Å². The van der Waals surface area contributed by atoms with Crippen LogP contribution in [0.3, 0.4) is 0 Å². The molecule has 0 heterocycles. The van der Waals surface area contributed by atoms with E-state index in [2.05, 4.69) is 32.1 Å². The third-order valence-corrected chi connectivity index (χ3v) is 8.31. The van der Waals surface area contributed by atoms with Gasteiger partial charge in [0.15, 0.2) is 0 Å². The number of aliphatic hydroxyl groups excluding tert-OH is 1. The Morgan fingerprint density at radius 3 is 2.73 bits per heavy atom. The molecule has 0 amide bonds. The van der Waals surface area contributed by atoms with Crippen molar-refractivity contribution in [2.24, 2.45) is 34.5 Å². The predicted octanol–water partition coefficient (Wildman–Crippen LogP) is 5.11. The average Bonchev–Trinajstić information content (AvgIpc) is 2.84. The van der Waals surface area contributed by atoms with Gasteiger partial charge in [0, 0.05) is 0 Å². The van der Waals surface area contributed by atoms with Crippen LogP contribution in [0.4, 0.5) is 0 Å². The van der Waals surface area contributed by atoms with E-state index in [0.717, 1.165) is 17.8 Å². The Hall–Kier alpha value is -0.560. The number of fused-ring (bicyclic) bond motifs is 5. The van der Waals surface area contributed by atoms with E-state index in [1.165, 1.54) is 44.9 Å². The zero-order valence-electron chi connectivity index (χ0n) is 14.5. The molecule has 0 bridgehead atoms. The minimum Gasteiger partial charge on any atom is -0.393 e. The molecule has 4 rings (SSSR count). The summed E-state index contributed by atoms with van der Waals surface area (Å²) >= 11 is 0. The molecule has 4 aliphatic carbocycles. The van der Waals surface area contributed by atoms with Gasteiger partial charge in [-0.05, 0) is 91.9 Å². The fourth-order valence-electron chi connectivity index (χ4n) is 7.13. The van der Waals surface area contributed by atoms with Gasteiger partial charge in [0.1, 0.15) is 0 Å². The summed E-state index contributed by atoms with van der Waals surface area (Å²) in [4.78, 5) is 0. The van der Waals surface area contributed by atoms with E-state index in [9.17, 15) is 5.11 Å². The summed E-state index contributed by atoms with van der Waals surface area (Å²) in [7, 11) is 0. The first-order chi connectivity index (χ1) is 10.5. The lowest BCUT2D eigenvalue weighted by Crippen LogP contribution is -2.50. The van der Waals surface area contributed by atoms with Crippen molar-refractivity contribution in [2.75, 3.05) is 0 Å². The maximum atomic E-state index is 10.3. The minimum atomic E-state index is -0.130. The Morgan fingerprint density at radius 2 is 1.95 bits per heavy atom. The number of aliphatic hydroxyl groups is 1. The highest BCUT2D eigenvalue weighted by Crippen LogP contribution is 2.66. The first-order valence-corrected chi connectivity index (χ1v) is 9.52. The maximum Gasteiger partial charge on any atom is 0.0545 e. The molecule has 1 N–H and O–H groups in total. The smallest absolute Gasteiger partial charge is 0.0545 e. The van der Waals surface area contributed by atoms with Gasteiger partial charge in [0.2, 0.25) is 0 Å². The average molecular weight is 300 g/mol. The van der Waals surface area contributed by atoms with Crippen LogP contribution in [-0.4, -0.2) is 11.2 Å². The zero-order valence-corrected chi connectivity index (χ0v) is 14.5. The van der Waals surface area contributed by atoms with Crippen molar-refractivity contribution in [1.82, 2.24) is 0 Å². The second kappa shape index (κ2) is 4.97. The summed E-state index contributed by atoms with van der Waals surface area (Å²) in [5.41, 5.74) is 2.46. The first kappa shape index (κ1) is 15.0. The molecule has 0 aromatic carbocycles. The molecule has 2 fully saturated rings. The lowest BCUT2D eigenvalue weighted by atomic mass is 9.48. The molecule has 0 radical (unpaired) electrons. The Morgan fingerprint density at radius 1 is 1.14 bits per heavy atom. The van der Waals surface area contributed by atoms with E-state index in [-0.39, 0.29) is 6.10 Å². The van der Waals surface area contributed by atoms with E-state index in [4.69, 9.17) is 0 Å². The molecule has 4 aliphatic rings. The number of allylic oxidation sites excluding steroid dienone is 4. The van der Waals surface area contributed by atoms with Crippen LogP contribution in [0.25, 0.3) is 0 Å². The maximum absolute atomic E-state index is 10.3. The van der Waals surface area contributed by atoms with E-state index < -0.39 is 0 Å². The highest BCUT2D eigenvalue weighted by Gasteiger charge is 2.58. The van der Waals surface area contributed by atoms with Crippen LogP contribution in [0.5, 0.6) is 0 Å². The van der Waals surface area contributed by atoms with Crippen molar-refractivity contribution < 1.29 is 5.11 Å². The fraction of sp³-hybridized carbons (Fsp3) is 0.810. The first-order valence-electron chi connectivity index (χ1n) is 9.52. The van der Waals surface area contributed by atoms with Gasteiger partial charge in [0.05, 0.1) is 6.10 Å². The molecular formula is C21H32O. The topological polar surface area (TPSA) is 20.2 Å². The molecule has 1 nitrogen and oxygen atoms in total. The van der Waals surface area contributed by atoms with Crippen LogP contribution in [0.2, 0.25) is 0 Å². The van der Waals surface area contributed by atoms with Gasteiger partial charge in [-0.15, -0.1) is 0 Å². The molecule has 2 saturated carbocycles. The highest BCUT2D eigenvalue weighted by molar-refractivity contribution is 5.34. The van der Waals surface area contributed by atoms with Crippen LogP contribution in [0.1, 0.15) is 65.7 Å². The predicted molar refractivity (Wildman–Crippen MR) is 91.4 cm³/mol. The standard InChI is InChI=1S/C21H32O/c1-14(22)17-9-10-18-16-8-7-15-6-4-5-12-20(15,2)19(16)11-13-21(17,18)3/h4,6-7,14,16-19,22H,5,8-13H2,1-3H3/t14?,16?,17-,18?,19?,20+,21-/m1/s1. The summed E-state index contributed by atoms with van der Waals surface area (Å²) in [5.74, 6) is 3.11. The quantitative estimate of drug-likeness (QED) is 0.713. The second-order valence-electron chi connectivity index (χ2n) is 9.10. The molecule has 0 saturated heterocycles. The molecule has 0 aromatic rings. The molecule has 0 aromatic heterocycles. The summed E-state index contributed by atoms with van der Waals surface area (Å²) in [6.45, 7) is 7.07. The van der Waals surface area contributed by atoms with Crippen LogP contribution in [0, 0.1) is 34.5 Å². The molecule has 1 heteroatoms. The number of rotatable bonds is 1. The zero-order chi connectivity index (χ0) is 15.5. The SMILES string of the molecule is CC(O)[C@H]1CCC2C3CC=C4C=CCC[C@]4(C)C3CC[C@@]21C. The highest BCUT2D eigenvalue weighted by atomic mass is 16.3. The Labute approximate surface area is 135 Å². The van der Waals surface area contributed by atoms with E-state index in [1.54, 1.807) is 5.57 Å². The van der Waals surface area contributed by atoms with Gasteiger partial charge < -0.3 is 5.11 Å². The minimum absolute atomic E-state index is 0.130.